The number of piperazine rings is 1. The van der Waals surface area contributed by atoms with Crippen LogP contribution in [0.15, 0.2) is 55.0 Å². The maximum Gasteiger partial charge on any atom is 0.151 e. The Kier molecular flexibility index (Phi) is 6.00. The molecular formula is C27H38N6S. The SMILES string of the molecule is CC(C)S(C(C)C)(C(C)C)n1ccc2ccc(N3CCN(c4cccc5nccn45)CC3)nc21. The molecule has 1 fully saturated rings. The minimum atomic E-state index is -1.10. The van der Waals surface area contributed by atoms with Gasteiger partial charge >= 0.3 is 0 Å². The van der Waals surface area contributed by atoms with E-state index in [-0.39, 0.29) is 0 Å². The molecule has 1 aliphatic rings. The summed E-state index contributed by atoms with van der Waals surface area (Å²) in [7, 11) is -1.10. The molecule has 0 spiro atoms. The van der Waals surface area contributed by atoms with Gasteiger partial charge in [-0.1, -0.05) is 47.6 Å². The average Bonchev–Trinajstić information content (AvgIpc) is 3.46. The lowest BCUT2D eigenvalue weighted by Crippen LogP contribution is -2.47. The van der Waals surface area contributed by atoms with Gasteiger partial charge in [-0.3, -0.25) is 8.37 Å². The van der Waals surface area contributed by atoms with Crippen LogP contribution in [0.5, 0.6) is 0 Å². The van der Waals surface area contributed by atoms with E-state index >= 15 is 0 Å². The van der Waals surface area contributed by atoms with E-state index in [1.807, 2.05) is 12.4 Å². The second-order valence-corrected chi connectivity index (χ2v) is 14.8. The Balaban J connectivity index is 1.44. The van der Waals surface area contributed by atoms with Crippen LogP contribution in [0, 0.1) is 0 Å². The van der Waals surface area contributed by atoms with Crippen LogP contribution in [0.3, 0.4) is 0 Å². The number of fused-ring (bicyclic) bond motifs is 2. The highest BCUT2D eigenvalue weighted by Crippen LogP contribution is 2.62. The summed E-state index contributed by atoms with van der Waals surface area (Å²) in [6, 6.07) is 13.1. The Bertz CT molecular complexity index is 1260. The van der Waals surface area contributed by atoms with Crippen molar-refractivity contribution < 1.29 is 0 Å². The van der Waals surface area contributed by atoms with E-state index in [1.54, 1.807) is 0 Å². The van der Waals surface area contributed by atoms with Crippen LogP contribution in [-0.2, 0) is 0 Å². The lowest BCUT2D eigenvalue weighted by Gasteiger charge is -2.52. The first-order valence-electron chi connectivity index (χ1n) is 12.5. The third-order valence-corrected chi connectivity index (χ3v) is 12.9. The van der Waals surface area contributed by atoms with Crippen molar-refractivity contribution >= 4 is 38.5 Å². The van der Waals surface area contributed by atoms with Gasteiger partial charge in [0.2, 0.25) is 0 Å². The first-order chi connectivity index (χ1) is 16.3. The lowest BCUT2D eigenvalue weighted by atomic mass is 10.2. The molecule has 5 heterocycles. The van der Waals surface area contributed by atoms with Crippen LogP contribution in [0.4, 0.5) is 11.6 Å². The van der Waals surface area contributed by atoms with Crippen molar-refractivity contribution in [1.29, 1.82) is 0 Å². The van der Waals surface area contributed by atoms with Gasteiger partial charge in [-0.15, -0.1) is 0 Å². The number of anilines is 2. The van der Waals surface area contributed by atoms with Gasteiger partial charge in [-0.2, -0.15) is 10.2 Å². The maximum absolute atomic E-state index is 5.29. The third kappa shape index (κ3) is 3.56. The monoisotopic (exact) mass is 478 g/mol. The molecule has 182 valence electrons. The molecule has 4 aromatic heterocycles. The van der Waals surface area contributed by atoms with Crippen molar-refractivity contribution in [3.63, 3.8) is 0 Å². The van der Waals surface area contributed by atoms with Gasteiger partial charge in [0.25, 0.3) is 0 Å². The minimum Gasteiger partial charge on any atom is -0.354 e. The number of nitrogens with zero attached hydrogens (tertiary/aromatic N) is 6. The van der Waals surface area contributed by atoms with Gasteiger partial charge in [0, 0.05) is 65.9 Å². The number of hydrogen-bond acceptors (Lipinski definition) is 4. The molecule has 1 aliphatic heterocycles. The zero-order valence-corrected chi connectivity index (χ0v) is 22.2. The average molecular weight is 479 g/mol. The fourth-order valence-electron chi connectivity index (χ4n) is 6.08. The molecule has 0 saturated carbocycles. The largest absolute Gasteiger partial charge is 0.354 e. The zero-order chi connectivity index (χ0) is 24.0. The van der Waals surface area contributed by atoms with Crippen molar-refractivity contribution in [2.75, 3.05) is 36.0 Å². The summed E-state index contributed by atoms with van der Waals surface area (Å²) in [4.78, 5) is 14.6. The van der Waals surface area contributed by atoms with Crippen LogP contribution >= 0.6 is 10.2 Å². The first-order valence-corrected chi connectivity index (χ1v) is 14.3. The van der Waals surface area contributed by atoms with Crippen LogP contribution in [0.2, 0.25) is 0 Å². The number of imidazole rings is 1. The number of pyridine rings is 2. The van der Waals surface area contributed by atoms with E-state index in [2.05, 4.69) is 107 Å². The first kappa shape index (κ1) is 23.1. The van der Waals surface area contributed by atoms with E-state index in [1.165, 1.54) is 11.2 Å². The Hall–Kier alpha value is -2.67. The highest BCUT2D eigenvalue weighted by atomic mass is 32.3. The van der Waals surface area contributed by atoms with E-state index < -0.39 is 10.2 Å². The molecule has 0 aromatic carbocycles. The van der Waals surface area contributed by atoms with E-state index in [0.717, 1.165) is 43.3 Å². The summed E-state index contributed by atoms with van der Waals surface area (Å²) >= 11 is 0. The molecule has 0 unspecified atom stereocenters. The molecule has 0 bridgehead atoms. The smallest absolute Gasteiger partial charge is 0.151 e. The molecular weight excluding hydrogens is 440 g/mol. The summed E-state index contributed by atoms with van der Waals surface area (Å²) in [5.74, 6) is 2.31. The predicted octanol–water partition coefficient (Wildman–Crippen LogP) is 5.80. The summed E-state index contributed by atoms with van der Waals surface area (Å²) in [5, 5.41) is 3.00. The molecule has 7 heteroatoms. The standard InChI is InChI=1S/C27H38N6S/c1-20(2)34(21(3)4,22(5)6)33-14-12-23-10-11-25(29-27(23)33)30-16-18-31(19-17-30)26-9-7-8-24-28-13-15-32(24)26/h7-15,20-22H,16-19H2,1-6H3. The van der Waals surface area contributed by atoms with Gasteiger partial charge in [0.1, 0.15) is 17.3 Å². The van der Waals surface area contributed by atoms with Crippen molar-refractivity contribution in [3.8, 4) is 0 Å². The molecule has 0 radical (unpaired) electrons. The Labute approximate surface area is 205 Å². The summed E-state index contributed by atoms with van der Waals surface area (Å²) in [6.07, 6.45) is 6.23. The van der Waals surface area contributed by atoms with Gasteiger partial charge < -0.3 is 9.80 Å². The van der Waals surface area contributed by atoms with Gasteiger partial charge in [-0.05, 0) is 30.3 Å². The quantitative estimate of drug-likeness (QED) is 0.351. The van der Waals surface area contributed by atoms with Crippen molar-refractivity contribution in [1.82, 2.24) is 18.3 Å². The van der Waals surface area contributed by atoms with Gasteiger partial charge in [-0.25, -0.2) is 9.97 Å². The fourth-order valence-corrected chi connectivity index (χ4v) is 11.4. The Morgan fingerprint density at radius 2 is 1.44 bits per heavy atom. The van der Waals surface area contributed by atoms with E-state index in [4.69, 9.17) is 4.98 Å². The predicted molar refractivity (Wildman–Crippen MR) is 148 cm³/mol. The maximum atomic E-state index is 5.29. The molecule has 5 rings (SSSR count). The van der Waals surface area contributed by atoms with Gasteiger partial charge in [0.15, 0.2) is 5.65 Å². The third-order valence-electron chi connectivity index (χ3n) is 7.43. The normalized spacial score (nSPS) is 16.0. The second-order valence-electron chi connectivity index (χ2n) is 10.1. The van der Waals surface area contributed by atoms with Gasteiger partial charge in [0.05, 0.1) is 0 Å². The molecule has 0 N–H and O–H groups in total. The van der Waals surface area contributed by atoms with Crippen molar-refractivity contribution in [3.05, 3.63) is 55.0 Å². The van der Waals surface area contributed by atoms with Crippen LogP contribution in [0.1, 0.15) is 41.5 Å². The van der Waals surface area contributed by atoms with Crippen LogP contribution in [-0.4, -0.2) is 60.3 Å². The summed E-state index contributed by atoms with van der Waals surface area (Å²) < 4.78 is 4.75. The van der Waals surface area contributed by atoms with E-state index in [9.17, 15) is 0 Å². The Morgan fingerprint density at radius 1 is 0.765 bits per heavy atom. The molecule has 6 nitrogen and oxygen atoms in total. The number of hydrogen-bond donors (Lipinski definition) is 0. The number of aromatic nitrogens is 4. The summed E-state index contributed by atoms with van der Waals surface area (Å²) in [5.41, 5.74) is 2.15. The molecule has 34 heavy (non-hydrogen) atoms. The van der Waals surface area contributed by atoms with Crippen LogP contribution < -0.4 is 9.80 Å². The summed E-state index contributed by atoms with van der Waals surface area (Å²) in [6.45, 7) is 18.2. The minimum absolute atomic E-state index is 0.586. The zero-order valence-electron chi connectivity index (χ0n) is 21.3. The van der Waals surface area contributed by atoms with Crippen molar-refractivity contribution in [2.24, 2.45) is 0 Å². The fraction of sp³-hybridized carbons (Fsp3) is 0.481. The number of rotatable bonds is 6. The molecule has 4 aromatic rings. The topological polar surface area (TPSA) is 41.6 Å². The second kappa shape index (κ2) is 8.84. The molecule has 0 atom stereocenters. The molecule has 0 amide bonds. The molecule has 0 aliphatic carbocycles. The highest BCUT2D eigenvalue weighted by molar-refractivity contribution is 8.33. The van der Waals surface area contributed by atoms with Crippen LogP contribution in [0.25, 0.3) is 16.7 Å². The van der Waals surface area contributed by atoms with E-state index in [0.29, 0.717) is 15.7 Å². The lowest BCUT2D eigenvalue weighted by molar-refractivity contribution is 0.640. The van der Waals surface area contributed by atoms with Crippen molar-refractivity contribution in [2.45, 2.75) is 57.3 Å². The highest BCUT2D eigenvalue weighted by Gasteiger charge is 2.37. The molecule has 1 saturated heterocycles. The Morgan fingerprint density at radius 3 is 2.12 bits per heavy atom.